The lowest BCUT2D eigenvalue weighted by atomic mass is 10.2. The molecule has 0 atom stereocenters. The lowest BCUT2D eigenvalue weighted by molar-refractivity contribution is 0.613. The average Bonchev–Trinajstić information content (AvgIpc) is 2.87. The van der Waals surface area contributed by atoms with Crippen LogP contribution in [-0.4, -0.2) is 10.2 Å². The van der Waals surface area contributed by atoms with E-state index in [0.29, 0.717) is 17.1 Å². The first kappa shape index (κ1) is 12.0. The maximum atomic E-state index is 13.6. The number of H-pyrrole nitrogens is 1. The van der Waals surface area contributed by atoms with E-state index in [9.17, 15) is 4.39 Å². The Morgan fingerprint density at radius 3 is 3.00 bits per heavy atom. The van der Waals surface area contributed by atoms with Gasteiger partial charge in [-0.3, -0.25) is 5.10 Å². The molecule has 0 unspecified atom stereocenters. The standard InChI is InChI=1S/C14H11ClFN3/c15-11-2-4-13(16)10(5-11)7-17-12-3-1-9-8-18-19-14(9)6-12/h1-6,8,17H,7H2,(H,18,19). The fraction of sp³-hybridized carbons (Fsp3) is 0.0714. The van der Waals surface area contributed by atoms with Crippen LogP contribution in [0.1, 0.15) is 5.56 Å². The molecule has 96 valence electrons. The summed E-state index contributed by atoms with van der Waals surface area (Å²) in [5.41, 5.74) is 2.38. The molecule has 0 saturated heterocycles. The highest BCUT2D eigenvalue weighted by atomic mass is 35.5. The molecule has 3 nitrogen and oxygen atoms in total. The predicted octanol–water partition coefficient (Wildman–Crippen LogP) is 3.97. The number of nitrogens with zero attached hydrogens (tertiary/aromatic N) is 1. The highest BCUT2D eigenvalue weighted by Crippen LogP contribution is 2.19. The van der Waals surface area contributed by atoms with E-state index >= 15 is 0 Å². The Morgan fingerprint density at radius 2 is 2.11 bits per heavy atom. The number of nitrogens with one attached hydrogen (secondary N) is 2. The maximum absolute atomic E-state index is 13.6. The molecule has 3 rings (SSSR count). The Balaban J connectivity index is 1.79. The summed E-state index contributed by atoms with van der Waals surface area (Å²) in [4.78, 5) is 0. The van der Waals surface area contributed by atoms with Gasteiger partial charge in [-0.2, -0.15) is 5.10 Å². The van der Waals surface area contributed by atoms with Crippen LogP contribution in [0.15, 0.2) is 42.6 Å². The van der Waals surface area contributed by atoms with Crippen molar-refractivity contribution in [2.75, 3.05) is 5.32 Å². The summed E-state index contributed by atoms with van der Waals surface area (Å²) >= 11 is 5.85. The number of anilines is 1. The Hall–Kier alpha value is -2.07. The van der Waals surface area contributed by atoms with Gasteiger partial charge in [0.15, 0.2) is 0 Å². The van der Waals surface area contributed by atoms with E-state index in [1.54, 1.807) is 12.3 Å². The highest BCUT2D eigenvalue weighted by Gasteiger charge is 2.03. The number of aromatic nitrogens is 2. The second-order valence-corrected chi connectivity index (χ2v) is 4.70. The third-order valence-electron chi connectivity index (χ3n) is 2.93. The van der Waals surface area contributed by atoms with Gasteiger partial charge in [-0.05, 0) is 36.4 Å². The predicted molar refractivity (Wildman–Crippen MR) is 74.8 cm³/mol. The molecule has 3 aromatic rings. The van der Waals surface area contributed by atoms with Crippen LogP contribution in [0.25, 0.3) is 10.9 Å². The van der Waals surface area contributed by atoms with E-state index < -0.39 is 0 Å². The normalized spacial score (nSPS) is 10.8. The van der Waals surface area contributed by atoms with Crippen molar-refractivity contribution in [2.24, 2.45) is 0 Å². The van der Waals surface area contributed by atoms with Gasteiger partial charge in [0.05, 0.1) is 11.7 Å². The molecule has 0 spiro atoms. The topological polar surface area (TPSA) is 40.7 Å². The first-order valence-electron chi connectivity index (χ1n) is 5.83. The molecule has 5 heteroatoms. The van der Waals surface area contributed by atoms with Crippen LogP contribution in [0.5, 0.6) is 0 Å². The molecule has 1 aromatic heterocycles. The van der Waals surface area contributed by atoms with Crippen molar-refractivity contribution in [3.63, 3.8) is 0 Å². The van der Waals surface area contributed by atoms with Gasteiger partial charge in [0.25, 0.3) is 0 Å². The fourth-order valence-corrected chi connectivity index (χ4v) is 2.12. The smallest absolute Gasteiger partial charge is 0.128 e. The van der Waals surface area contributed by atoms with Gasteiger partial charge in [-0.15, -0.1) is 0 Å². The van der Waals surface area contributed by atoms with E-state index in [4.69, 9.17) is 11.6 Å². The van der Waals surface area contributed by atoms with Gasteiger partial charge in [0.1, 0.15) is 5.82 Å². The van der Waals surface area contributed by atoms with Crippen molar-refractivity contribution in [2.45, 2.75) is 6.54 Å². The van der Waals surface area contributed by atoms with Gasteiger partial charge in [-0.1, -0.05) is 11.6 Å². The number of benzene rings is 2. The summed E-state index contributed by atoms with van der Waals surface area (Å²) in [6.07, 6.45) is 1.76. The lowest BCUT2D eigenvalue weighted by Crippen LogP contribution is -2.01. The van der Waals surface area contributed by atoms with E-state index in [1.165, 1.54) is 12.1 Å². The summed E-state index contributed by atoms with van der Waals surface area (Å²) in [6.45, 7) is 0.381. The minimum atomic E-state index is -0.264. The molecule has 1 heterocycles. The van der Waals surface area contributed by atoms with Crippen molar-refractivity contribution in [1.82, 2.24) is 10.2 Å². The molecule has 0 aliphatic rings. The Bertz CT molecular complexity index is 724. The minimum Gasteiger partial charge on any atom is -0.381 e. The Kier molecular flexibility index (Phi) is 3.09. The van der Waals surface area contributed by atoms with E-state index in [1.807, 2.05) is 18.2 Å². The van der Waals surface area contributed by atoms with Crippen molar-refractivity contribution >= 4 is 28.2 Å². The molecule has 0 saturated carbocycles. The highest BCUT2D eigenvalue weighted by molar-refractivity contribution is 6.30. The quantitative estimate of drug-likeness (QED) is 0.759. The molecule has 0 aliphatic carbocycles. The second-order valence-electron chi connectivity index (χ2n) is 4.26. The van der Waals surface area contributed by atoms with Crippen molar-refractivity contribution < 1.29 is 4.39 Å². The molecular formula is C14H11ClFN3. The van der Waals surface area contributed by atoms with Crippen LogP contribution >= 0.6 is 11.6 Å². The van der Waals surface area contributed by atoms with E-state index in [-0.39, 0.29) is 5.82 Å². The minimum absolute atomic E-state index is 0.264. The molecule has 0 aliphatic heterocycles. The zero-order valence-corrected chi connectivity index (χ0v) is 10.7. The van der Waals surface area contributed by atoms with Gasteiger partial charge < -0.3 is 5.32 Å². The fourth-order valence-electron chi connectivity index (χ4n) is 1.92. The van der Waals surface area contributed by atoms with Crippen LogP contribution in [0.2, 0.25) is 5.02 Å². The molecule has 0 amide bonds. The lowest BCUT2D eigenvalue weighted by Gasteiger charge is -2.08. The van der Waals surface area contributed by atoms with Crippen LogP contribution in [0, 0.1) is 5.82 Å². The van der Waals surface area contributed by atoms with Crippen molar-refractivity contribution in [3.8, 4) is 0 Å². The third kappa shape index (κ3) is 2.53. The summed E-state index contributed by atoms with van der Waals surface area (Å²) in [7, 11) is 0. The summed E-state index contributed by atoms with van der Waals surface area (Å²) in [5.74, 6) is -0.264. The second kappa shape index (κ2) is 4.90. The zero-order chi connectivity index (χ0) is 13.2. The molecule has 0 fully saturated rings. The molecule has 19 heavy (non-hydrogen) atoms. The number of rotatable bonds is 3. The van der Waals surface area contributed by atoms with E-state index in [0.717, 1.165) is 16.6 Å². The number of hydrogen-bond acceptors (Lipinski definition) is 2. The summed E-state index contributed by atoms with van der Waals surface area (Å²) in [6, 6.07) is 10.4. The van der Waals surface area contributed by atoms with Gasteiger partial charge in [0, 0.05) is 28.2 Å². The number of aromatic amines is 1. The van der Waals surface area contributed by atoms with Gasteiger partial charge in [-0.25, -0.2) is 4.39 Å². The average molecular weight is 276 g/mol. The van der Waals surface area contributed by atoms with Gasteiger partial charge in [0.2, 0.25) is 0 Å². The van der Waals surface area contributed by atoms with E-state index in [2.05, 4.69) is 15.5 Å². The third-order valence-corrected chi connectivity index (χ3v) is 3.17. The van der Waals surface area contributed by atoms with Crippen LogP contribution in [0.4, 0.5) is 10.1 Å². The Labute approximate surface area is 114 Å². The van der Waals surface area contributed by atoms with Crippen LogP contribution in [0.3, 0.4) is 0 Å². The molecule has 0 radical (unpaired) electrons. The van der Waals surface area contributed by atoms with Crippen LogP contribution in [-0.2, 0) is 6.54 Å². The zero-order valence-electron chi connectivity index (χ0n) is 9.95. The van der Waals surface area contributed by atoms with Crippen molar-refractivity contribution in [3.05, 3.63) is 59.0 Å². The number of fused-ring (bicyclic) bond motifs is 1. The molecule has 2 aromatic carbocycles. The monoisotopic (exact) mass is 275 g/mol. The van der Waals surface area contributed by atoms with Crippen molar-refractivity contribution in [1.29, 1.82) is 0 Å². The summed E-state index contributed by atoms with van der Waals surface area (Å²) < 4.78 is 13.6. The Morgan fingerprint density at radius 1 is 1.21 bits per heavy atom. The van der Waals surface area contributed by atoms with Gasteiger partial charge >= 0.3 is 0 Å². The number of hydrogen-bond donors (Lipinski definition) is 2. The molecule has 2 N–H and O–H groups in total. The summed E-state index contributed by atoms with van der Waals surface area (Å²) in [5, 5.41) is 11.6. The molecular weight excluding hydrogens is 265 g/mol. The maximum Gasteiger partial charge on any atom is 0.128 e. The molecule has 0 bridgehead atoms. The largest absolute Gasteiger partial charge is 0.381 e. The number of halogens is 2. The SMILES string of the molecule is Fc1ccc(Cl)cc1CNc1ccc2cn[nH]c2c1. The van der Waals surface area contributed by atoms with Crippen LogP contribution < -0.4 is 5.32 Å². The first-order valence-corrected chi connectivity index (χ1v) is 6.21. The first-order chi connectivity index (χ1) is 9.22.